The molecule has 3 unspecified atom stereocenters. The first-order chi connectivity index (χ1) is 24.2. The van der Waals surface area contributed by atoms with Gasteiger partial charge in [0.15, 0.2) is 34.9 Å². The Hall–Kier alpha value is -5.88. The summed E-state index contributed by atoms with van der Waals surface area (Å²) < 4.78 is 0. The van der Waals surface area contributed by atoms with Crippen molar-refractivity contribution in [3.63, 3.8) is 0 Å². The first-order valence-electron chi connectivity index (χ1n) is 17.1. The fourth-order valence-electron chi connectivity index (χ4n) is 7.62. The molecule has 7 aromatic rings. The average molecular weight is 635 g/mol. The van der Waals surface area contributed by atoms with Crippen LogP contribution in [0.3, 0.4) is 0 Å². The van der Waals surface area contributed by atoms with Gasteiger partial charge in [0.05, 0.1) is 0 Å². The van der Waals surface area contributed by atoms with Crippen LogP contribution in [0, 0.1) is 11.8 Å². The lowest BCUT2D eigenvalue weighted by atomic mass is 9.83. The zero-order valence-electron chi connectivity index (χ0n) is 27.0. The van der Waals surface area contributed by atoms with E-state index in [1.807, 2.05) is 109 Å². The Morgan fingerprint density at radius 2 is 0.735 bits per heavy atom. The molecule has 2 aliphatic carbocycles. The molecule has 0 N–H and O–H groups in total. The Labute approximate surface area is 286 Å². The molecule has 2 bridgehead atoms. The molecule has 2 aliphatic rings. The Bertz CT molecular complexity index is 2180. The fourth-order valence-corrected chi connectivity index (χ4v) is 7.62. The summed E-state index contributed by atoms with van der Waals surface area (Å²) in [5.74, 6) is 6.17. The number of fused-ring (bicyclic) bond motifs is 2. The Balaban J connectivity index is 1.12. The smallest absolute Gasteiger partial charge is 0.164 e. The van der Waals surface area contributed by atoms with Crippen molar-refractivity contribution in [1.29, 1.82) is 0 Å². The van der Waals surface area contributed by atoms with E-state index < -0.39 is 0 Å². The first kappa shape index (κ1) is 29.3. The summed E-state index contributed by atoms with van der Waals surface area (Å²) in [7, 11) is 0. The van der Waals surface area contributed by atoms with E-state index in [0.29, 0.717) is 40.9 Å². The number of hydrogen-bond donors (Lipinski definition) is 0. The van der Waals surface area contributed by atoms with Gasteiger partial charge in [-0.3, -0.25) is 0 Å². The van der Waals surface area contributed by atoms with Gasteiger partial charge in [-0.2, -0.15) is 0 Å². The second kappa shape index (κ2) is 12.6. The standard InChI is InChI=1S/C43H34N6/c1-4-11-30(12-5-1)38-44-39(31-13-6-2-7-14-31)47-42(46-38)35-17-10-18-36(27-35)43-48-40(32-15-8-3-9-16-32)45-41(49-43)33-23-21-29(22-24-33)37-26-28-19-20-34(37)25-28/h1-18,21-24,27-28,34,37H,19-20,25-26H2. The van der Waals surface area contributed by atoms with E-state index in [0.717, 1.165) is 45.2 Å². The Kier molecular flexibility index (Phi) is 7.54. The molecule has 6 nitrogen and oxygen atoms in total. The Morgan fingerprint density at radius 3 is 1.12 bits per heavy atom. The van der Waals surface area contributed by atoms with Crippen LogP contribution in [0.25, 0.3) is 68.3 Å². The van der Waals surface area contributed by atoms with E-state index in [4.69, 9.17) is 29.9 Å². The predicted molar refractivity (Wildman–Crippen MR) is 194 cm³/mol. The number of benzene rings is 5. The average Bonchev–Trinajstić information content (AvgIpc) is 3.83. The minimum absolute atomic E-state index is 0.586. The molecule has 5 aromatic carbocycles. The molecule has 3 atom stereocenters. The van der Waals surface area contributed by atoms with Crippen LogP contribution in [0.4, 0.5) is 0 Å². The number of rotatable bonds is 7. The third kappa shape index (κ3) is 5.91. The van der Waals surface area contributed by atoms with Gasteiger partial charge in [-0.25, -0.2) is 29.9 Å². The predicted octanol–water partition coefficient (Wildman–Crippen LogP) is 9.96. The van der Waals surface area contributed by atoms with Crippen molar-refractivity contribution < 1.29 is 0 Å². The van der Waals surface area contributed by atoms with Gasteiger partial charge in [0.25, 0.3) is 0 Å². The zero-order chi connectivity index (χ0) is 32.6. The van der Waals surface area contributed by atoms with Crippen molar-refractivity contribution >= 4 is 0 Å². The molecule has 0 spiro atoms. The van der Waals surface area contributed by atoms with Crippen LogP contribution < -0.4 is 0 Å². The molecular weight excluding hydrogens is 601 g/mol. The van der Waals surface area contributed by atoms with Crippen molar-refractivity contribution in [3.05, 3.63) is 145 Å². The SMILES string of the molecule is c1ccc(-c2nc(-c3ccccc3)nc(-c3cccc(-c4nc(-c5ccccc5)nc(-c5ccc(C6CC7CCC6C7)cc5)n4)c3)n2)cc1. The van der Waals surface area contributed by atoms with Crippen LogP contribution in [0.5, 0.6) is 0 Å². The van der Waals surface area contributed by atoms with Gasteiger partial charge in [-0.15, -0.1) is 0 Å². The lowest BCUT2D eigenvalue weighted by Gasteiger charge is -2.22. The van der Waals surface area contributed by atoms with Gasteiger partial charge in [0.2, 0.25) is 0 Å². The monoisotopic (exact) mass is 634 g/mol. The zero-order valence-corrected chi connectivity index (χ0v) is 27.0. The molecule has 2 aromatic heterocycles. The minimum Gasteiger partial charge on any atom is -0.208 e. The van der Waals surface area contributed by atoms with E-state index in [-0.39, 0.29) is 0 Å². The summed E-state index contributed by atoms with van der Waals surface area (Å²) in [5.41, 5.74) is 6.96. The normalized spacial score (nSPS) is 18.1. The molecule has 2 heterocycles. The number of aromatic nitrogens is 6. The maximum atomic E-state index is 5.05. The molecule has 0 aliphatic heterocycles. The molecule has 0 saturated heterocycles. The summed E-state index contributed by atoms with van der Waals surface area (Å²) in [6.45, 7) is 0. The maximum absolute atomic E-state index is 5.05. The van der Waals surface area contributed by atoms with Crippen molar-refractivity contribution in [1.82, 2.24) is 29.9 Å². The quantitative estimate of drug-likeness (QED) is 0.174. The molecule has 6 heteroatoms. The Morgan fingerprint density at radius 1 is 0.347 bits per heavy atom. The van der Waals surface area contributed by atoms with Crippen LogP contribution in [-0.4, -0.2) is 29.9 Å². The summed E-state index contributed by atoms with van der Waals surface area (Å²) in [6.07, 6.45) is 5.51. The third-order valence-corrected chi connectivity index (χ3v) is 10.1. The van der Waals surface area contributed by atoms with Gasteiger partial charge < -0.3 is 0 Å². The van der Waals surface area contributed by atoms with Gasteiger partial charge in [0.1, 0.15) is 0 Å². The number of nitrogens with zero attached hydrogens (tertiary/aromatic N) is 6. The third-order valence-electron chi connectivity index (χ3n) is 10.1. The van der Waals surface area contributed by atoms with Crippen molar-refractivity contribution in [2.24, 2.45) is 11.8 Å². The molecule has 236 valence electrons. The summed E-state index contributed by atoms with van der Waals surface area (Å²) in [6, 6.07) is 47.3. The topological polar surface area (TPSA) is 77.3 Å². The van der Waals surface area contributed by atoms with E-state index in [2.05, 4.69) is 30.3 Å². The van der Waals surface area contributed by atoms with Crippen molar-refractivity contribution in [3.8, 4) is 68.3 Å². The van der Waals surface area contributed by atoms with Crippen LogP contribution in [-0.2, 0) is 0 Å². The van der Waals surface area contributed by atoms with Crippen LogP contribution in [0.2, 0.25) is 0 Å². The van der Waals surface area contributed by atoms with Crippen LogP contribution in [0.15, 0.2) is 140 Å². The van der Waals surface area contributed by atoms with E-state index in [9.17, 15) is 0 Å². The van der Waals surface area contributed by atoms with Gasteiger partial charge in [-0.1, -0.05) is 140 Å². The lowest BCUT2D eigenvalue weighted by Crippen LogP contribution is -2.08. The molecule has 0 amide bonds. The first-order valence-corrected chi connectivity index (χ1v) is 17.1. The summed E-state index contributed by atoms with van der Waals surface area (Å²) >= 11 is 0. The second-order valence-corrected chi connectivity index (χ2v) is 13.2. The van der Waals surface area contributed by atoms with Crippen molar-refractivity contribution in [2.45, 2.75) is 31.6 Å². The molecule has 2 fully saturated rings. The summed E-state index contributed by atoms with van der Waals surface area (Å²) in [4.78, 5) is 29.8. The van der Waals surface area contributed by atoms with E-state index in [1.54, 1.807) is 0 Å². The molecule has 2 saturated carbocycles. The molecule has 9 rings (SSSR count). The number of hydrogen-bond acceptors (Lipinski definition) is 6. The molecule has 0 radical (unpaired) electrons. The van der Waals surface area contributed by atoms with Crippen LogP contribution in [0.1, 0.15) is 37.2 Å². The molecular formula is C43H34N6. The highest BCUT2D eigenvalue weighted by Crippen LogP contribution is 2.52. The second-order valence-electron chi connectivity index (χ2n) is 13.2. The largest absolute Gasteiger partial charge is 0.208 e. The highest BCUT2D eigenvalue weighted by atomic mass is 15.0. The van der Waals surface area contributed by atoms with E-state index in [1.165, 1.54) is 31.2 Å². The van der Waals surface area contributed by atoms with E-state index >= 15 is 0 Å². The highest BCUT2D eigenvalue weighted by Gasteiger charge is 2.40. The minimum atomic E-state index is 0.586. The van der Waals surface area contributed by atoms with Crippen molar-refractivity contribution in [2.75, 3.05) is 0 Å². The highest BCUT2D eigenvalue weighted by molar-refractivity contribution is 5.72. The lowest BCUT2D eigenvalue weighted by molar-refractivity contribution is 0.420. The van der Waals surface area contributed by atoms with Gasteiger partial charge in [-0.05, 0) is 48.6 Å². The molecule has 49 heavy (non-hydrogen) atoms. The maximum Gasteiger partial charge on any atom is 0.164 e. The fraction of sp³-hybridized carbons (Fsp3) is 0.163. The van der Waals surface area contributed by atoms with Gasteiger partial charge >= 0.3 is 0 Å². The van der Waals surface area contributed by atoms with Crippen LogP contribution >= 0.6 is 0 Å². The van der Waals surface area contributed by atoms with Gasteiger partial charge in [0, 0.05) is 33.4 Å². The summed E-state index contributed by atoms with van der Waals surface area (Å²) in [5, 5.41) is 0.